The quantitative estimate of drug-likeness (QED) is 0.354. The van der Waals surface area contributed by atoms with E-state index in [0.717, 1.165) is 0 Å². The molecule has 1 aliphatic heterocycles. The van der Waals surface area contributed by atoms with Crippen molar-refractivity contribution in [2.75, 3.05) is 48.1 Å². The Kier molecular flexibility index (Phi) is 9.34. The first kappa shape index (κ1) is 28.6. The first-order chi connectivity index (χ1) is 19.4. The number of methoxy groups -OCH3 is 4. The summed E-state index contributed by atoms with van der Waals surface area (Å²) in [7, 11) is 6.19. The fourth-order valence-electron chi connectivity index (χ4n) is 4.49. The van der Waals surface area contributed by atoms with Crippen LogP contribution in [0.3, 0.4) is 0 Å². The Bertz CT molecular complexity index is 1360. The van der Waals surface area contributed by atoms with Crippen LogP contribution < -0.4 is 14.2 Å². The molecule has 1 atom stereocenters. The predicted molar refractivity (Wildman–Crippen MR) is 147 cm³/mol. The molecule has 3 aromatic carbocycles. The van der Waals surface area contributed by atoms with E-state index in [1.165, 1.54) is 29.2 Å². The average Bonchev–Trinajstić information content (AvgIpc) is 3.44. The molecule has 9 nitrogen and oxygen atoms in total. The number of benzene rings is 3. The number of rotatable bonds is 11. The summed E-state index contributed by atoms with van der Waals surface area (Å²) in [5.74, 6) is 0.676. The second kappa shape index (κ2) is 13.1. The van der Waals surface area contributed by atoms with Crippen molar-refractivity contribution in [2.45, 2.75) is 12.5 Å². The SMILES string of the molecule is COCCN(CC(=O)N1N=C(c2ccc(OC)cc2OC)CC1c1ccc(F)cc1)C(=O)c1ccc(OC)cc1. The maximum Gasteiger partial charge on any atom is 0.262 e. The Balaban J connectivity index is 1.66. The van der Waals surface area contributed by atoms with Crippen molar-refractivity contribution in [1.29, 1.82) is 0 Å². The molecule has 1 heterocycles. The first-order valence-corrected chi connectivity index (χ1v) is 12.7. The number of hydrazone groups is 1. The number of amides is 2. The molecule has 0 spiro atoms. The Labute approximate surface area is 232 Å². The van der Waals surface area contributed by atoms with E-state index < -0.39 is 11.9 Å². The standard InChI is InChI=1S/C30H32FN3O6/c1-37-16-15-33(30(36)21-7-11-23(38-2)12-8-21)19-29(35)34-27(20-5-9-22(31)10-6-20)18-26(32-34)25-14-13-24(39-3)17-28(25)40-4/h5-14,17,27H,15-16,18-19H2,1-4H3. The zero-order valence-corrected chi connectivity index (χ0v) is 22.9. The maximum atomic E-state index is 13.8. The Morgan fingerprint density at radius 2 is 1.60 bits per heavy atom. The van der Waals surface area contributed by atoms with Gasteiger partial charge >= 0.3 is 0 Å². The highest BCUT2D eigenvalue weighted by Gasteiger charge is 2.35. The second-order valence-corrected chi connectivity index (χ2v) is 9.07. The summed E-state index contributed by atoms with van der Waals surface area (Å²) >= 11 is 0. The van der Waals surface area contributed by atoms with Gasteiger partial charge in [-0.25, -0.2) is 9.40 Å². The molecule has 3 aromatic rings. The average molecular weight is 550 g/mol. The molecule has 0 saturated heterocycles. The summed E-state index contributed by atoms with van der Waals surface area (Å²) in [5, 5.41) is 6.06. The van der Waals surface area contributed by atoms with Crippen molar-refractivity contribution in [1.82, 2.24) is 9.91 Å². The summed E-state index contributed by atoms with van der Waals surface area (Å²) in [6.45, 7) is 0.210. The fourth-order valence-corrected chi connectivity index (χ4v) is 4.49. The smallest absolute Gasteiger partial charge is 0.262 e. The van der Waals surface area contributed by atoms with Gasteiger partial charge < -0.3 is 23.8 Å². The van der Waals surface area contributed by atoms with Crippen LogP contribution in [0.2, 0.25) is 0 Å². The molecule has 2 amide bonds. The van der Waals surface area contributed by atoms with Crippen LogP contribution in [0, 0.1) is 5.82 Å². The molecular formula is C30H32FN3O6. The number of ether oxygens (including phenoxy) is 4. The lowest BCUT2D eigenvalue weighted by molar-refractivity contribution is -0.133. The Hall–Kier alpha value is -4.44. The fraction of sp³-hybridized carbons (Fsp3) is 0.300. The number of nitrogens with zero attached hydrogens (tertiary/aromatic N) is 3. The third-order valence-electron chi connectivity index (χ3n) is 6.66. The van der Waals surface area contributed by atoms with E-state index in [1.54, 1.807) is 69.9 Å². The van der Waals surface area contributed by atoms with Gasteiger partial charge in [-0.1, -0.05) is 12.1 Å². The molecule has 0 bridgehead atoms. The zero-order valence-electron chi connectivity index (χ0n) is 22.9. The summed E-state index contributed by atoms with van der Waals surface area (Å²) in [4.78, 5) is 28.6. The van der Waals surface area contributed by atoms with Gasteiger partial charge in [0.2, 0.25) is 0 Å². The van der Waals surface area contributed by atoms with Gasteiger partial charge in [0.15, 0.2) is 0 Å². The highest BCUT2D eigenvalue weighted by molar-refractivity contribution is 6.05. The maximum absolute atomic E-state index is 13.8. The van der Waals surface area contributed by atoms with Crippen LogP contribution in [0.1, 0.15) is 33.9 Å². The number of hydrogen-bond acceptors (Lipinski definition) is 7. The van der Waals surface area contributed by atoms with E-state index in [0.29, 0.717) is 46.1 Å². The van der Waals surface area contributed by atoms with Crippen LogP contribution in [0.5, 0.6) is 17.2 Å². The molecule has 0 aromatic heterocycles. The minimum Gasteiger partial charge on any atom is -0.497 e. The zero-order chi connectivity index (χ0) is 28.6. The van der Waals surface area contributed by atoms with Gasteiger partial charge in [0.05, 0.1) is 39.7 Å². The van der Waals surface area contributed by atoms with Crippen LogP contribution in [0.15, 0.2) is 71.8 Å². The summed E-state index contributed by atoms with van der Waals surface area (Å²) in [6.07, 6.45) is 0.366. The van der Waals surface area contributed by atoms with Crippen LogP contribution in [-0.4, -0.2) is 75.6 Å². The third kappa shape index (κ3) is 6.40. The summed E-state index contributed by atoms with van der Waals surface area (Å²) in [5.41, 5.74) is 2.45. The van der Waals surface area contributed by atoms with Gasteiger partial charge in [-0.15, -0.1) is 0 Å². The molecule has 0 aliphatic carbocycles. The molecule has 10 heteroatoms. The van der Waals surface area contributed by atoms with Gasteiger partial charge in [0, 0.05) is 37.3 Å². The second-order valence-electron chi connectivity index (χ2n) is 9.07. The van der Waals surface area contributed by atoms with Gasteiger partial charge in [0.1, 0.15) is 29.6 Å². The molecule has 40 heavy (non-hydrogen) atoms. The van der Waals surface area contributed by atoms with Crippen LogP contribution in [-0.2, 0) is 9.53 Å². The van der Waals surface area contributed by atoms with Crippen LogP contribution >= 0.6 is 0 Å². The van der Waals surface area contributed by atoms with Gasteiger partial charge in [-0.05, 0) is 54.1 Å². The Morgan fingerprint density at radius 1 is 0.925 bits per heavy atom. The van der Waals surface area contributed by atoms with Gasteiger partial charge in [-0.3, -0.25) is 9.59 Å². The molecule has 4 rings (SSSR count). The summed E-state index contributed by atoms with van der Waals surface area (Å²) < 4.78 is 35.0. The predicted octanol–water partition coefficient (Wildman–Crippen LogP) is 4.32. The lowest BCUT2D eigenvalue weighted by Crippen LogP contribution is -2.42. The lowest BCUT2D eigenvalue weighted by Gasteiger charge is -2.27. The molecule has 0 saturated carbocycles. The van der Waals surface area contributed by atoms with Crippen molar-refractivity contribution in [3.63, 3.8) is 0 Å². The van der Waals surface area contributed by atoms with E-state index in [2.05, 4.69) is 0 Å². The van der Waals surface area contributed by atoms with Gasteiger partial charge in [0.25, 0.3) is 11.8 Å². The topological polar surface area (TPSA) is 89.9 Å². The van der Waals surface area contributed by atoms with E-state index in [1.807, 2.05) is 6.07 Å². The molecular weight excluding hydrogens is 517 g/mol. The summed E-state index contributed by atoms with van der Waals surface area (Å²) in [6, 6.07) is 17.5. The van der Waals surface area contributed by atoms with E-state index >= 15 is 0 Å². The monoisotopic (exact) mass is 549 g/mol. The van der Waals surface area contributed by atoms with Crippen LogP contribution in [0.25, 0.3) is 0 Å². The van der Waals surface area contributed by atoms with E-state index in [-0.39, 0.29) is 31.4 Å². The van der Waals surface area contributed by atoms with Crippen molar-refractivity contribution in [2.24, 2.45) is 5.10 Å². The molecule has 0 fully saturated rings. The van der Waals surface area contributed by atoms with Crippen molar-refractivity contribution in [3.05, 3.63) is 89.2 Å². The number of hydrogen-bond donors (Lipinski definition) is 0. The molecule has 0 N–H and O–H groups in total. The number of carbonyl (C=O) groups is 2. The third-order valence-corrected chi connectivity index (χ3v) is 6.66. The van der Waals surface area contributed by atoms with E-state index in [4.69, 9.17) is 24.0 Å². The van der Waals surface area contributed by atoms with Crippen molar-refractivity contribution >= 4 is 17.5 Å². The normalized spacial score (nSPS) is 14.5. The van der Waals surface area contributed by atoms with Gasteiger partial charge in [-0.2, -0.15) is 5.10 Å². The highest BCUT2D eigenvalue weighted by atomic mass is 19.1. The number of carbonyl (C=O) groups excluding carboxylic acids is 2. The molecule has 1 aliphatic rings. The number of halogens is 1. The first-order valence-electron chi connectivity index (χ1n) is 12.7. The Morgan fingerprint density at radius 3 is 2.23 bits per heavy atom. The largest absolute Gasteiger partial charge is 0.497 e. The highest BCUT2D eigenvalue weighted by Crippen LogP contribution is 2.36. The minimum atomic E-state index is -0.504. The minimum absolute atomic E-state index is 0.199. The molecule has 0 radical (unpaired) electrons. The van der Waals surface area contributed by atoms with Crippen LogP contribution in [0.4, 0.5) is 4.39 Å². The molecule has 1 unspecified atom stereocenters. The van der Waals surface area contributed by atoms with E-state index in [9.17, 15) is 14.0 Å². The molecule has 210 valence electrons. The van der Waals surface area contributed by atoms with Crippen molar-refractivity contribution < 1.29 is 32.9 Å². The van der Waals surface area contributed by atoms with Crippen molar-refractivity contribution in [3.8, 4) is 17.2 Å². The lowest BCUT2D eigenvalue weighted by atomic mass is 9.97.